The number of allylic oxidation sites excluding steroid dienone is 2. The Hall–Kier alpha value is -5.12. The molecule has 6 unspecified atom stereocenters. The molecule has 4 aliphatic rings. The van der Waals surface area contributed by atoms with Gasteiger partial charge < -0.3 is 5.11 Å². The van der Waals surface area contributed by atoms with Crippen molar-refractivity contribution < 1.29 is 29.2 Å². The molecule has 2 aliphatic heterocycles. The summed E-state index contributed by atoms with van der Waals surface area (Å²) in [6.07, 6.45) is 2.46. The highest BCUT2D eigenvalue weighted by Gasteiger charge is 2.67. The lowest BCUT2D eigenvalue weighted by atomic mass is 9.51. The Labute approximate surface area is 246 Å². The molecule has 0 aromatic heterocycles. The molecule has 3 aromatic rings. The van der Waals surface area contributed by atoms with Gasteiger partial charge in [-0.3, -0.25) is 34.2 Å². The molecule has 3 aromatic carbocycles. The van der Waals surface area contributed by atoms with E-state index in [4.69, 9.17) is 0 Å². The van der Waals surface area contributed by atoms with Crippen molar-refractivity contribution in [1.29, 1.82) is 0 Å². The molecule has 216 valence electrons. The SMILES string of the molecule is CC12C(=O)N(c3ccccc3)C(=O)C1CC1C(=CCC3C(=O)N(c4ccc([N+](=O)[O-])cc4)C(=O)C31)C2c1ccc(O)cc1. The van der Waals surface area contributed by atoms with Gasteiger partial charge in [0.05, 0.1) is 39.5 Å². The summed E-state index contributed by atoms with van der Waals surface area (Å²) in [7, 11) is 0. The number of anilines is 2. The first-order valence-corrected chi connectivity index (χ1v) is 14.2. The number of hydrogen-bond donors (Lipinski definition) is 1. The molecule has 0 spiro atoms. The zero-order valence-corrected chi connectivity index (χ0v) is 23.1. The predicted molar refractivity (Wildman–Crippen MR) is 155 cm³/mol. The van der Waals surface area contributed by atoms with E-state index in [1.165, 1.54) is 29.2 Å². The number of rotatable bonds is 4. The second-order valence-electron chi connectivity index (χ2n) is 11.9. The Kier molecular flexibility index (Phi) is 5.88. The first-order chi connectivity index (χ1) is 20.6. The molecule has 7 rings (SSSR count). The average molecular weight is 578 g/mol. The summed E-state index contributed by atoms with van der Waals surface area (Å²) >= 11 is 0. The normalized spacial score (nSPS) is 29.7. The van der Waals surface area contributed by atoms with Gasteiger partial charge in [0.25, 0.3) is 5.69 Å². The van der Waals surface area contributed by atoms with Crippen molar-refractivity contribution in [3.8, 4) is 5.75 Å². The highest BCUT2D eigenvalue weighted by Crippen LogP contribution is 2.63. The van der Waals surface area contributed by atoms with Crippen LogP contribution < -0.4 is 9.80 Å². The Balaban J connectivity index is 1.33. The highest BCUT2D eigenvalue weighted by molar-refractivity contribution is 6.25. The number of non-ortho nitro benzene ring substituents is 1. The first-order valence-electron chi connectivity index (χ1n) is 14.2. The second-order valence-corrected chi connectivity index (χ2v) is 11.9. The minimum atomic E-state index is -1.16. The number of nitro benzene ring substituents is 1. The van der Waals surface area contributed by atoms with Crippen molar-refractivity contribution in [2.75, 3.05) is 9.80 Å². The number of benzene rings is 3. The van der Waals surface area contributed by atoms with Gasteiger partial charge in [-0.1, -0.05) is 42.0 Å². The molecule has 0 bridgehead atoms. The number of nitrogens with zero attached hydrogens (tertiary/aromatic N) is 3. The molecule has 3 fully saturated rings. The van der Waals surface area contributed by atoms with Crippen LogP contribution in [0.15, 0.2) is 90.5 Å². The highest BCUT2D eigenvalue weighted by atomic mass is 16.6. The van der Waals surface area contributed by atoms with Crippen molar-refractivity contribution in [3.05, 3.63) is 106 Å². The Morgan fingerprint density at radius 1 is 0.814 bits per heavy atom. The summed E-state index contributed by atoms with van der Waals surface area (Å²) in [5, 5.41) is 21.2. The van der Waals surface area contributed by atoms with Gasteiger partial charge in [-0.25, -0.2) is 4.90 Å². The molecule has 1 N–H and O–H groups in total. The van der Waals surface area contributed by atoms with Crippen LogP contribution in [0.25, 0.3) is 0 Å². The molecule has 4 amide bonds. The van der Waals surface area contributed by atoms with Gasteiger partial charge in [0, 0.05) is 18.1 Å². The minimum absolute atomic E-state index is 0.0607. The maximum Gasteiger partial charge on any atom is 0.269 e. The van der Waals surface area contributed by atoms with Crippen molar-refractivity contribution in [3.63, 3.8) is 0 Å². The Bertz CT molecular complexity index is 1730. The quantitative estimate of drug-likeness (QED) is 0.205. The Morgan fingerprint density at radius 3 is 2.12 bits per heavy atom. The third-order valence-corrected chi connectivity index (χ3v) is 9.83. The minimum Gasteiger partial charge on any atom is -0.508 e. The van der Waals surface area contributed by atoms with Crippen molar-refractivity contribution in [1.82, 2.24) is 0 Å². The van der Waals surface area contributed by atoms with Crippen molar-refractivity contribution in [2.45, 2.75) is 25.7 Å². The molecular weight excluding hydrogens is 550 g/mol. The van der Waals surface area contributed by atoms with E-state index in [1.807, 2.05) is 13.0 Å². The number of carbonyl (C=O) groups excluding carboxylic acids is 4. The maximum atomic E-state index is 14.3. The third-order valence-electron chi connectivity index (χ3n) is 9.83. The van der Waals surface area contributed by atoms with E-state index < -0.39 is 45.8 Å². The van der Waals surface area contributed by atoms with Gasteiger partial charge in [-0.05, 0) is 67.6 Å². The molecular formula is C33H27N3O7. The van der Waals surface area contributed by atoms with Gasteiger partial charge in [-0.2, -0.15) is 0 Å². The number of phenolic OH excluding ortho intramolecular Hbond substituents is 1. The van der Waals surface area contributed by atoms with Crippen LogP contribution in [0.2, 0.25) is 0 Å². The van der Waals surface area contributed by atoms with Gasteiger partial charge in [-0.15, -0.1) is 0 Å². The fourth-order valence-electron chi connectivity index (χ4n) is 7.86. The zero-order valence-electron chi connectivity index (χ0n) is 23.1. The summed E-state index contributed by atoms with van der Waals surface area (Å²) in [5.74, 6) is -4.61. The number of aromatic hydroxyl groups is 1. The Morgan fingerprint density at radius 2 is 1.47 bits per heavy atom. The summed E-state index contributed by atoms with van der Waals surface area (Å²) in [6.45, 7) is 1.81. The standard InChI is InChI=1S/C33H27N3O7/c1-33-26(30(39)35(32(33)41)19-5-3-2-4-6-19)17-25-23(28(33)18-7-13-22(37)14-8-18)15-16-24-27(25)31(40)34(29(24)38)20-9-11-21(12-10-20)36(42)43/h2-15,24-28,37H,16-17H2,1H3. The molecule has 2 heterocycles. The van der Waals surface area contributed by atoms with Crippen LogP contribution in [0.4, 0.5) is 17.1 Å². The molecule has 43 heavy (non-hydrogen) atoms. The predicted octanol–water partition coefficient (Wildman–Crippen LogP) is 4.74. The second kappa shape index (κ2) is 9.45. The van der Waals surface area contributed by atoms with Gasteiger partial charge in [0.2, 0.25) is 23.6 Å². The number of amides is 4. The lowest BCUT2D eigenvalue weighted by molar-refractivity contribution is -0.384. The molecule has 2 saturated heterocycles. The zero-order chi connectivity index (χ0) is 30.2. The van der Waals surface area contributed by atoms with Crippen LogP contribution in [0.5, 0.6) is 5.75 Å². The van der Waals surface area contributed by atoms with Gasteiger partial charge in [0.1, 0.15) is 5.75 Å². The van der Waals surface area contributed by atoms with Gasteiger partial charge >= 0.3 is 0 Å². The smallest absolute Gasteiger partial charge is 0.269 e. The van der Waals surface area contributed by atoms with Crippen LogP contribution in [-0.2, 0) is 19.2 Å². The monoisotopic (exact) mass is 577 g/mol. The molecule has 6 atom stereocenters. The molecule has 2 aliphatic carbocycles. The van der Waals surface area contributed by atoms with Crippen LogP contribution >= 0.6 is 0 Å². The van der Waals surface area contributed by atoms with Crippen LogP contribution in [-0.4, -0.2) is 33.7 Å². The summed E-state index contributed by atoms with van der Waals surface area (Å²) < 4.78 is 0. The van der Waals surface area contributed by atoms with Crippen molar-refractivity contribution >= 4 is 40.7 Å². The number of para-hydroxylation sites is 1. The van der Waals surface area contributed by atoms with Gasteiger partial charge in [0.15, 0.2) is 0 Å². The van der Waals surface area contributed by atoms with E-state index in [1.54, 1.807) is 54.6 Å². The molecule has 10 nitrogen and oxygen atoms in total. The van der Waals surface area contributed by atoms with Crippen LogP contribution in [0, 0.1) is 39.2 Å². The van der Waals surface area contributed by atoms with E-state index in [-0.39, 0.29) is 47.7 Å². The topological polar surface area (TPSA) is 138 Å². The van der Waals surface area contributed by atoms with E-state index in [0.717, 1.165) is 16.0 Å². The van der Waals surface area contributed by atoms with Crippen LogP contribution in [0.3, 0.4) is 0 Å². The fourth-order valence-corrected chi connectivity index (χ4v) is 7.86. The maximum absolute atomic E-state index is 14.3. The van der Waals surface area contributed by atoms with E-state index >= 15 is 0 Å². The lowest BCUT2D eigenvalue weighted by Crippen LogP contribution is -2.48. The molecule has 0 radical (unpaired) electrons. The number of carbonyl (C=O) groups is 4. The number of phenols is 1. The van der Waals surface area contributed by atoms with Crippen molar-refractivity contribution in [2.24, 2.45) is 29.1 Å². The van der Waals surface area contributed by atoms with E-state index in [9.17, 15) is 34.4 Å². The number of hydrogen-bond acceptors (Lipinski definition) is 7. The molecule has 1 saturated carbocycles. The fraction of sp³-hybridized carbons (Fsp3) is 0.273. The average Bonchev–Trinajstić information content (AvgIpc) is 3.37. The number of imide groups is 2. The van der Waals surface area contributed by atoms with E-state index in [0.29, 0.717) is 5.69 Å². The molecule has 10 heteroatoms. The number of nitro groups is 1. The number of fused-ring (bicyclic) bond motifs is 4. The third kappa shape index (κ3) is 3.72. The largest absolute Gasteiger partial charge is 0.508 e. The first kappa shape index (κ1) is 26.8. The lowest BCUT2D eigenvalue weighted by Gasteiger charge is -2.49. The summed E-state index contributed by atoms with van der Waals surface area (Å²) in [5.41, 5.74) is 0.995. The van der Waals surface area contributed by atoms with Crippen LogP contribution in [0.1, 0.15) is 31.2 Å². The summed E-state index contributed by atoms with van der Waals surface area (Å²) in [4.78, 5) is 69.1. The summed E-state index contributed by atoms with van der Waals surface area (Å²) in [6, 6.07) is 20.6. The van der Waals surface area contributed by atoms with E-state index in [2.05, 4.69) is 0 Å².